The van der Waals surface area contributed by atoms with Gasteiger partial charge in [-0.15, -0.1) is 0 Å². The van der Waals surface area contributed by atoms with Gasteiger partial charge in [-0.3, -0.25) is 4.79 Å². The lowest BCUT2D eigenvalue weighted by Gasteiger charge is -2.19. The number of hydrogen-bond acceptors (Lipinski definition) is 4. The molecule has 0 radical (unpaired) electrons. The number of rotatable bonds is 5. The topological polar surface area (TPSA) is 76.7 Å². The second-order valence-corrected chi connectivity index (χ2v) is 6.92. The summed E-state index contributed by atoms with van der Waals surface area (Å²) < 4.78 is 5.49. The monoisotopic (exact) mass is 339 g/mol. The molecule has 2 aromatic rings. The van der Waals surface area contributed by atoms with Crippen LogP contribution in [0.25, 0.3) is 0 Å². The molecule has 3 N–H and O–H groups in total. The molecule has 0 fully saturated rings. The molecule has 0 bridgehead atoms. The van der Waals surface area contributed by atoms with E-state index in [-0.39, 0.29) is 17.9 Å². The largest absolute Gasteiger partial charge is 0.484 e. The van der Waals surface area contributed by atoms with Crippen molar-refractivity contribution in [2.24, 2.45) is 5.10 Å². The molecule has 2 rings (SSSR count). The third-order valence-electron chi connectivity index (χ3n) is 3.77. The van der Waals surface area contributed by atoms with Crippen LogP contribution in [0.4, 0.5) is 5.69 Å². The van der Waals surface area contributed by atoms with Crippen LogP contribution in [0.3, 0.4) is 0 Å². The van der Waals surface area contributed by atoms with Gasteiger partial charge in [0.2, 0.25) is 0 Å². The van der Waals surface area contributed by atoms with E-state index in [0.717, 1.165) is 5.56 Å². The van der Waals surface area contributed by atoms with Crippen LogP contribution in [0.5, 0.6) is 5.75 Å². The van der Waals surface area contributed by atoms with Gasteiger partial charge < -0.3 is 10.5 Å². The number of hydrogen-bond donors (Lipinski definition) is 2. The van der Waals surface area contributed by atoms with Gasteiger partial charge in [0.15, 0.2) is 6.61 Å². The Bertz CT molecular complexity index is 742. The number of ether oxygens (including phenoxy) is 1. The number of benzene rings is 2. The minimum Gasteiger partial charge on any atom is -0.484 e. The van der Waals surface area contributed by atoms with E-state index in [1.807, 2.05) is 43.3 Å². The van der Waals surface area contributed by atoms with E-state index >= 15 is 0 Å². The van der Waals surface area contributed by atoms with Crippen molar-refractivity contribution in [2.45, 2.75) is 33.1 Å². The van der Waals surface area contributed by atoms with Gasteiger partial charge in [-0.05, 0) is 47.7 Å². The van der Waals surface area contributed by atoms with Crippen LogP contribution in [0.15, 0.2) is 53.6 Å². The summed E-state index contributed by atoms with van der Waals surface area (Å²) in [5, 5.41) is 4.08. The first kappa shape index (κ1) is 18.5. The number of hydrazone groups is 1. The third kappa shape index (κ3) is 5.64. The van der Waals surface area contributed by atoms with Crippen LogP contribution in [-0.2, 0) is 10.2 Å². The highest BCUT2D eigenvalue weighted by atomic mass is 16.5. The van der Waals surface area contributed by atoms with Crippen molar-refractivity contribution in [1.82, 2.24) is 5.43 Å². The van der Waals surface area contributed by atoms with Crippen LogP contribution >= 0.6 is 0 Å². The molecule has 132 valence electrons. The number of anilines is 1. The summed E-state index contributed by atoms with van der Waals surface area (Å²) in [6, 6.07) is 15.1. The second-order valence-electron chi connectivity index (χ2n) is 6.92. The van der Waals surface area contributed by atoms with Crippen molar-refractivity contribution < 1.29 is 9.53 Å². The maximum atomic E-state index is 11.9. The molecular formula is C20H25N3O2. The fraction of sp³-hybridized carbons (Fsp3) is 0.300. The summed E-state index contributed by atoms with van der Waals surface area (Å²) >= 11 is 0. The normalized spacial score (nSPS) is 11.9. The van der Waals surface area contributed by atoms with Gasteiger partial charge >= 0.3 is 0 Å². The van der Waals surface area contributed by atoms with Gasteiger partial charge in [0.05, 0.1) is 5.71 Å². The molecule has 0 heterocycles. The lowest BCUT2D eigenvalue weighted by Crippen LogP contribution is -2.25. The minimum absolute atomic E-state index is 0.0875. The van der Waals surface area contributed by atoms with Crippen molar-refractivity contribution in [3.8, 4) is 5.75 Å². The number of carbonyl (C=O) groups excluding carboxylic acids is 1. The maximum absolute atomic E-state index is 11.9. The molecule has 5 nitrogen and oxygen atoms in total. The first-order valence-corrected chi connectivity index (χ1v) is 8.18. The molecule has 0 unspecified atom stereocenters. The SMILES string of the molecule is CC(=NNC(=O)COc1ccc(C(C)(C)C)cc1)c1ccc(N)cc1. The van der Waals surface area contributed by atoms with E-state index in [9.17, 15) is 4.79 Å². The maximum Gasteiger partial charge on any atom is 0.277 e. The Balaban J connectivity index is 1.86. The lowest BCUT2D eigenvalue weighted by atomic mass is 9.87. The fourth-order valence-electron chi connectivity index (χ4n) is 2.17. The Hall–Kier alpha value is -2.82. The summed E-state index contributed by atoms with van der Waals surface area (Å²) in [7, 11) is 0. The fourth-order valence-corrected chi connectivity index (χ4v) is 2.17. The Labute approximate surface area is 148 Å². The molecule has 0 aliphatic heterocycles. The van der Waals surface area contributed by atoms with Crippen molar-refractivity contribution in [3.05, 3.63) is 59.7 Å². The van der Waals surface area contributed by atoms with E-state index in [0.29, 0.717) is 17.1 Å². The Morgan fingerprint density at radius 3 is 2.24 bits per heavy atom. The van der Waals surface area contributed by atoms with Gasteiger partial charge in [0.25, 0.3) is 5.91 Å². The first-order valence-electron chi connectivity index (χ1n) is 8.18. The van der Waals surface area contributed by atoms with Gasteiger partial charge in [-0.25, -0.2) is 5.43 Å². The zero-order chi connectivity index (χ0) is 18.4. The molecule has 25 heavy (non-hydrogen) atoms. The van der Waals surface area contributed by atoms with Crippen LogP contribution in [0, 0.1) is 0 Å². The Morgan fingerprint density at radius 2 is 1.68 bits per heavy atom. The summed E-state index contributed by atoms with van der Waals surface area (Å²) in [5.74, 6) is 0.345. The van der Waals surface area contributed by atoms with E-state index in [1.165, 1.54) is 5.56 Å². The standard InChI is InChI=1S/C20H25N3O2/c1-14(15-5-9-17(21)10-6-15)22-23-19(24)13-25-18-11-7-16(8-12-18)20(2,3)4/h5-12H,13,21H2,1-4H3,(H,23,24). The summed E-state index contributed by atoms with van der Waals surface area (Å²) in [6.45, 7) is 8.18. The molecular weight excluding hydrogens is 314 g/mol. The molecule has 2 aromatic carbocycles. The van der Waals surface area contributed by atoms with Crippen LogP contribution < -0.4 is 15.9 Å². The highest BCUT2D eigenvalue weighted by molar-refractivity contribution is 5.99. The van der Waals surface area contributed by atoms with Gasteiger partial charge in [-0.2, -0.15) is 5.10 Å². The Kier molecular flexibility index (Phi) is 5.80. The highest BCUT2D eigenvalue weighted by Crippen LogP contribution is 2.24. The van der Waals surface area contributed by atoms with Gasteiger partial charge in [-0.1, -0.05) is 45.0 Å². The second kappa shape index (κ2) is 7.83. The van der Waals surface area contributed by atoms with Crippen LogP contribution in [0.2, 0.25) is 0 Å². The average molecular weight is 339 g/mol. The van der Waals surface area contributed by atoms with E-state index in [1.54, 1.807) is 12.1 Å². The summed E-state index contributed by atoms with van der Waals surface area (Å²) in [4.78, 5) is 11.9. The average Bonchev–Trinajstić information content (AvgIpc) is 2.58. The number of amides is 1. The van der Waals surface area contributed by atoms with E-state index < -0.39 is 0 Å². The van der Waals surface area contributed by atoms with E-state index in [2.05, 4.69) is 31.3 Å². The number of nitrogens with two attached hydrogens (primary N) is 1. The van der Waals surface area contributed by atoms with Crippen molar-refractivity contribution in [2.75, 3.05) is 12.3 Å². The predicted octanol–water partition coefficient (Wildman–Crippen LogP) is 3.49. The van der Waals surface area contributed by atoms with Crippen LogP contribution in [0.1, 0.15) is 38.8 Å². The number of nitrogen functional groups attached to an aromatic ring is 1. The molecule has 0 spiro atoms. The van der Waals surface area contributed by atoms with Crippen molar-refractivity contribution in [3.63, 3.8) is 0 Å². The third-order valence-corrected chi connectivity index (χ3v) is 3.77. The zero-order valence-corrected chi connectivity index (χ0v) is 15.2. The molecule has 0 saturated carbocycles. The molecule has 0 atom stereocenters. The lowest BCUT2D eigenvalue weighted by molar-refractivity contribution is -0.123. The summed E-state index contributed by atoms with van der Waals surface area (Å²) in [6.07, 6.45) is 0. The smallest absolute Gasteiger partial charge is 0.277 e. The highest BCUT2D eigenvalue weighted by Gasteiger charge is 2.13. The molecule has 0 aromatic heterocycles. The van der Waals surface area contributed by atoms with Gasteiger partial charge in [0, 0.05) is 5.69 Å². The van der Waals surface area contributed by atoms with Crippen LogP contribution in [-0.4, -0.2) is 18.2 Å². The zero-order valence-electron chi connectivity index (χ0n) is 15.2. The molecule has 5 heteroatoms. The van der Waals surface area contributed by atoms with Gasteiger partial charge in [0.1, 0.15) is 5.75 Å². The molecule has 0 aliphatic rings. The number of carbonyl (C=O) groups is 1. The molecule has 1 amide bonds. The summed E-state index contributed by atoms with van der Waals surface area (Å²) in [5.41, 5.74) is 11.7. The molecule has 0 saturated heterocycles. The predicted molar refractivity (Wildman–Crippen MR) is 102 cm³/mol. The quantitative estimate of drug-likeness (QED) is 0.497. The molecule has 0 aliphatic carbocycles. The van der Waals surface area contributed by atoms with Crippen molar-refractivity contribution >= 4 is 17.3 Å². The number of nitrogens with one attached hydrogen (secondary N) is 1. The first-order chi connectivity index (χ1) is 11.8. The van der Waals surface area contributed by atoms with E-state index in [4.69, 9.17) is 10.5 Å². The number of nitrogens with zero attached hydrogens (tertiary/aromatic N) is 1. The Morgan fingerprint density at radius 1 is 1.08 bits per heavy atom. The van der Waals surface area contributed by atoms with Crippen molar-refractivity contribution in [1.29, 1.82) is 0 Å². The minimum atomic E-state index is -0.310.